The van der Waals surface area contributed by atoms with Crippen LogP contribution in [-0.4, -0.2) is 20.8 Å². The van der Waals surface area contributed by atoms with Gasteiger partial charge < -0.3 is 5.32 Å². The van der Waals surface area contributed by atoms with Crippen molar-refractivity contribution >= 4 is 28.9 Å². The first-order valence-corrected chi connectivity index (χ1v) is 8.45. The van der Waals surface area contributed by atoms with E-state index in [1.807, 2.05) is 55.5 Å². The molecule has 0 unspecified atom stereocenters. The lowest BCUT2D eigenvalue weighted by molar-refractivity contribution is -0.383. The fraction of sp³-hybridized carbons (Fsp3) is 0.105. The van der Waals surface area contributed by atoms with Crippen molar-refractivity contribution in [1.82, 2.24) is 15.4 Å². The standard InChI is InChI=1S/C19H18N6O3/c1-13-6-5-9-15(10-13)22-18-17(25(27)28)19(21-12-20-18)24-23-16(26)11-14-7-3-2-4-8-14/h2-10,12H,11H2,1H3,(H,23,26)(H2,20,21,22,24). The van der Waals surface area contributed by atoms with Gasteiger partial charge in [-0.3, -0.25) is 25.8 Å². The molecular weight excluding hydrogens is 360 g/mol. The molecule has 1 heterocycles. The molecule has 9 heteroatoms. The summed E-state index contributed by atoms with van der Waals surface area (Å²) >= 11 is 0. The molecule has 0 saturated carbocycles. The van der Waals surface area contributed by atoms with Crippen molar-refractivity contribution in [3.05, 3.63) is 82.2 Å². The Morgan fingerprint density at radius 3 is 2.54 bits per heavy atom. The number of nitrogens with zero attached hydrogens (tertiary/aromatic N) is 3. The molecule has 3 aromatic rings. The van der Waals surface area contributed by atoms with E-state index in [0.29, 0.717) is 5.69 Å². The Hall–Kier alpha value is -4.01. The highest BCUT2D eigenvalue weighted by Crippen LogP contribution is 2.30. The molecule has 3 N–H and O–H groups in total. The lowest BCUT2D eigenvalue weighted by Gasteiger charge is -2.11. The van der Waals surface area contributed by atoms with Crippen LogP contribution >= 0.6 is 0 Å². The second kappa shape index (κ2) is 8.58. The van der Waals surface area contributed by atoms with Gasteiger partial charge in [-0.2, -0.15) is 0 Å². The molecule has 3 rings (SSSR count). The van der Waals surface area contributed by atoms with Gasteiger partial charge in [-0.25, -0.2) is 9.97 Å². The van der Waals surface area contributed by atoms with E-state index >= 15 is 0 Å². The van der Waals surface area contributed by atoms with Gasteiger partial charge in [-0.05, 0) is 30.2 Å². The first-order chi connectivity index (χ1) is 13.5. The number of rotatable bonds is 7. The molecule has 0 aliphatic carbocycles. The molecule has 0 fully saturated rings. The van der Waals surface area contributed by atoms with Gasteiger partial charge in [-0.1, -0.05) is 42.5 Å². The Morgan fingerprint density at radius 2 is 1.82 bits per heavy atom. The van der Waals surface area contributed by atoms with Crippen LogP contribution in [0.1, 0.15) is 11.1 Å². The van der Waals surface area contributed by atoms with Crippen molar-refractivity contribution in [2.24, 2.45) is 0 Å². The van der Waals surface area contributed by atoms with Crippen LogP contribution < -0.4 is 16.2 Å². The molecule has 0 atom stereocenters. The average Bonchev–Trinajstić information content (AvgIpc) is 2.67. The van der Waals surface area contributed by atoms with E-state index in [2.05, 4.69) is 26.1 Å². The Morgan fingerprint density at radius 1 is 1.07 bits per heavy atom. The van der Waals surface area contributed by atoms with Crippen LogP contribution in [0.25, 0.3) is 0 Å². The molecule has 0 aliphatic heterocycles. The van der Waals surface area contributed by atoms with Crippen molar-refractivity contribution in [3.63, 3.8) is 0 Å². The molecule has 28 heavy (non-hydrogen) atoms. The SMILES string of the molecule is Cc1cccc(Nc2ncnc(NNC(=O)Cc3ccccc3)c2[N+](=O)[O-])c1. The first-order valence-electron chi connectivity index (χ1n) is 8.45. The van der Waals surface area contributed by atoms with E-state index in [0.717, 1.165) is 11.1 Å². The predicted octanol–water partition coefficient (Wildman–Crippen LogP) is 3.12. The largest absolute Gasteiger partial charge is 0.355 e. The van der Waals surface area contributed by atoms with Gasteiger partial charge in [0.15, 0.2) is 0 Å². The fourth-order valence-corrected chi connectivity index (χ4v) is 2.55. The van der Waals surface area contributed by atoms with Crippen LogP contribution in [-0.2, 0) is 11.2 Å². The molecule has 0 aliphatic rings. The van der Waals surface area contributed by atoms with E-state index in [9.17, 15) is 14.9 Å². The van der Waals surface area contributed by atoms with Crippen molar-refractivity contribution in [3.8, 4) is 0 Å². The van der Waals surface area contributed by atoms with E-state index in [1.165, 1.54) is 6.33 Å². The summed E-state index contributed by atoms with van der Waals surface area (Å²) in [6, 6.07) is 16.5. The summed E-state index contributed by atoms with van der Waals surface area (Å²) in [5.74, 6) is -0.450. The zero-order valence-corrected chi connectivity index (χ0v) is 15.0. The van der Waals surface area contributed by atoms with Crippen molar-refractivity contribution in [2.75, 3.05) is 10.7 Å². The monoisotopic (exact) mass is 378 g/mol. The van der Waals surface area contributed by atoms with E-state index < -0.39 is 4.92 Å². The van der Waals surface area contributed by atoms with Gasteiger partial charge in [-0.15, -0.1) is 0 Å². The molecule has 0 spiro atoms. The number of nitrogens with one attached hydrogen (secondary N) is 3. The number of aromatic nitrogens is 2. The highest BCUT2D eigenvalue weighted by Gasteiger charge is 2.23. The summed E-state index contributed by atoms with van der Waals surface area (Å²) in [6.07, 6.45) is 1.30. The average molecular weight is 378 g/mol. The molecule has 1 aromatic heterocycles. The first kappa shape index (κ1) is 18.8. The number of benzene rings is 2. The quantitative estimate of drug-likeness (QED) is 0.426. The zero-order chi connectivity index (χ0) is 19.9. The number of carbonyl (C=O) groups is 1. The summed E-state index contributed by atoms with van der Waals surface area (Å²) in [5, 5.41) is 14.5. The number of amides is 1. The third kappa shape index (κ3) is 4.79. The lowest BCUT2D eigenvalue weighted by Crippen LogP contribution is -2.31. The number of hydrogen-bond donors (Lipinski definition) is 3. The summed E-state index contributed by atoms with van der Waals surface area (Å²) in [6.45, 7) is 1.91. The van der Waals surface area contributed by atoms with E-state index in [1.54, 1.807) is 6.07 Å². The van der Waals surface area contributed by atoms with Gasteiger partial charge >= 0.3 is 5.69 Å². The third-order valence-corrected chi connectivity index (χ3v) is 3.81. The maximum absolute atomic E-state index is 12.1. The second-order valence-electron chi connectivity index (χ2n) is 6.01. The number of anilines is 3. The molecule has 9 nitrogen and oxygen atoms in total. The predicted molar refractivity (Wildman–Crippen MR) is 105 cm³/mol. The second-order valence-corrected chi connectivity index (χ2v) is 6.01. The van der Waals surface area contributed by atoms with Gasteiger partial charge in [0.05, 0.1) is 11.3 Å². The van der Waals surface area contributed by atoms with Crippen LogP contribution in [0, 0.1) is 17.0 Å². The summed E-state index contributed by atoms with van der Waals surface area (Å²) < 4.78 is 0. The number of hydrazine groups is 1. The maximum Gasteiger partial charge on any atom is 0.355 e. The topological polar surface area (TPSA) is 122 Å². The third-order valence-electron chi connectivity index (χ3n) is 3.81. The van der Waals surface area contributed by atoms with E-state index in [4.69, 9.17) is 0 Å². The molecule has 2 aromatic carbocycles. The number of carbonyl (C=O) groups excluding carboxylic acids is 1. The Balaban J connectivity index is 1.75. The minimum Gasteiger partial charge on any atom is -0.334 e. The van der Waals surface area contributed by atoms with Crippen LogP contribution in [0.2, 0.25) is 0 Å². The zero-order valence-electron chi connectivity index (χ0n) is 15.0. The Labute approximate surface area is 161 Å². The maximum atomic E-state index is 12.1. The van der Waals surface area contributed by atoms with Crippen molar-refractivity contribution in [2.45, 2.75) is 13.3 Å². The van der Waals surface area contributed by atoms with Gasteiger partial charge in [0, 0.05) is 5.69 Å². The molecule has 142 valence electrons. The van der Waals surface area contributed by atoms with Crippen LogP contribution in [0.3, 0.4) is 0 Å². The van der Waals surface area contributed by atoms with Gasteiger partial charge in [0.1, 0.15) is 6.33 Å². The van der Waals surface area contributed by atoms with Crippen LogP contribution in [0.5, 0.6) is 0 Å². The smallest absolute Gasteiger partial charge is 0.334 e. The minimum atomic E-state index is -0.607. The molecular formula is C19H18N6O3. The van der Waals surface area contributed by atoms with Gasteiger partial charge in [0.25, 0.3) is 0 Å². The number of hydrogen-bond acceptors (Lipinski definition) is 7. The summed E-state index contributed by atoms with van der Waals surface area (Å²) in [5.41, 5.74) is 7.05. The van der Waals surface area contributed by atoms with Crippen molar-refractivity contribution < 1.29 is 9.72 Å². The van der Waals surface area contributed by atoms with Crippen LogP contribution in [0.15, 0.2) is 60.9 Å². The van der Waals surface area contributed by atoms with Crippen LogP contribution in [0.4, 0.5) is 23.0 Å². The molecule has 0 saturated heterocycles. The molecule has 0 bridgehead atoms. The summed E-state index contributed by atoms with van der Waals surface area (Å²) in [4.78, 5) is 30.9. The normalized spacial score (nSPS) is 10.2. The highest BCUT2D eigenvalue weighted by molar-refractivity contribution is 5.81. The summed E-state index contributed by atoms with van der Waals surface area (Å²) in [7, 11) is 0. The minimum absolute atomic E-state index is 0.0189. The van der Waals surface area contributed by atoms with Crippen molar-refractivity contribution in [1.29, 1.82) is 0 Å². The molecule has 1 amide bonds. The highest BCUT2D eigenvalue weighted by atomic mass is 16.6. The molecule has 0 radical (unpaired) electrons. The number of nitro groups is 1. The Bertz CT molecular complexity index is 994. The van der Waals surface area contributed by atoms with E-state index in [-0.39, 0.29) is 29.7 Å². The Kier molecular flexibility index (Phi) is 5.75. The fourth-order valence-electron chi connectivity index (χ4n) is 2.55. The number of aryl methyl sites for hydroxylation is 1. The van der Waals surface area contributed by atoms with Gasteiger partial charge in [0.2, 0.25) is 17.5 Å². The lowest BCUT2D eigenvalue weighted by atomic mass is 10.1.